The van der Waals surface area contributed by atoms with E-state index in [0.29, 0.717) is 16.8 Å². The van der Waals surface area contributed by atoms with Crippen LogP contribution in [-0.2, 0) is 0 Å². The van der Waals surface area contributed by atoms with E-state index >= 15 is 0 Å². The molecule has 1 unspecified atom stereocenters. The van der Waals surface area contributed by atoms with Gasteiger partial charge in [-0.1, -0.05) is 18.2 Å². The van der Waals surface area contributed by atoms with Crippen LogP contribution in [0.1, 0.15) is 34.5 Å². The van der Waals surface area contributed by atoms with Crippen LogP contribution in [0.3, 0.4) is 0 Å². The second-order valence-electron chi connectivity index (χ2n) is 4.72. The number of rotatable bonds is 3. The highest BCUT2D eigenvalue weighted by Crippen LogP contribution is 2.18. The number of aliphatic hydroxyl groups is 1. The number of hydrogen-bond donors (Lipinski definition) is 2. The lowest BCUT2D eigenvalue weighted by atomic mass is 10.1. The third kappa shape index (κ3) is 3.22. The zero-order valence-electron chi connectivity index (χ0n) is 11.4. The Hall–Kier alpha value is -2.20. The molecule has 2 N–H and O–H groups in total. The molecule has 0 fully saturated rings. The van der Waals surface area contributed by atoms with Crippen molar-refractivity contribution in [3.8, 4) is 0 Å². The van der Waals surface area contributed by atoms with Gasteiger partial charge < -0.3 is 10.4 Å². The van der Waals surface area contributed by atoms with Gasteiger partial charge in [0.15, 0.2) is 0 Å². The second-order valence-corrected chi connectivity index (χ2v) is 4.72. The first-order valence-corrected chi connectivity index (χ1v) is 6.33. The average Bonchev–Trinajstić information content (AvgIpc) is 2.42. The first-order chi connectivity index (χ1) is 9.47. The molecule has 0 radical (unpaired) electrons. The minimum absolute atomic E-state index is 0.260. The Labute approximate surface area is 117 Å². The predicted molar refractivity (Wildman–Crippen MR) is 76.2 cm³/mol. The first kappa shape index (κ1) is 14.2. The lowest BCUT2D eigenvalue weighted by Crippen LogP contribution is -2.12. The Morgan fingerprint density at radius 1 is 1.25 bits per heavy atom. The molecule has 0 aromatic heterocycles. The molecule has 2 aromatic carbocycles. The van der Waals surface area contributed by atoms with Crippen LogP contribution in [0.25, 0.3) is 0 Å². The minimum atomic E-state index is -0.608. The van der Waals surface area contributed by atoms with E-state index in [4.69, 9.17) is 0 Å². The van der Waals surface area contributed by atoms with Crippen molar-refractivity contribution in [2.24, 2.45) is 0 Å². The molecule has 0 bridgehead atoms. The van der Waals surface area contributed by atoms with Crippen LogP contribution in [0, 0.1) is 12.7 Å². The van der Waals surface area contributed by atoms with Gasteiger partial charge in [-0.25, -0.2) is 4.39 Å². The summed E-state index contributed by atoms with van der Waals surface area (Å²) in [6, 6.07) is 11.3. The van der Waals surface area contributed by atoms with Gasteiger partial charge in [-0.15, -0.1) is 0 Å². The van der Waals surface area contributed by atoms with Crippen LogP contribution in [0.2, 0.25) is 0 Å². The molecule has 0 saturated carbocycles. The minimum Gasteiger partial charge on any atom is -0.389 e. The van der Waals surface area contributed by atoms with E-state index in [1.807, 2.05) is 0 Å². The molecule has 0 aliphatic rings. The topological polar surface area (TPSA) is 49.3 Å². The Kier molecular flexibility index (Phi) is 4.15. The maximum Gasteiger partial charge on any atom is 0.255 e. The van der Waals surface area contributed by atoms with Crippen molar-refractivity contribution in [3.05, 3.63) is 65.0 Å². The van der Waals surface area contributed by atoms with Gasteiger partial charge in [0.2, 0.25) is 0 Å². The van der Waals surface area contributed by atoms with E-state index in [0.717, 1.165) is 0 Å². The van der Waals surface area contributed by atoms with Gasteiger partial charge in [-0.3, -0.25) is 4.79 Å². The number of aliphatic hydroxyl groups excluding tert-OH is 1. The van der Waals surface area contributed by atoms with Crippen LogP contribution in [-0.4, -0.2) is 11.0 Å². The van der Waals surface area contributed by atoms with Gasteiger partial charge in [-0.05, 0) is 49.2 Å². The van der Waals surface area contributed by atoms with Crippen molar-refractivity contribution in [1.29, 1.82) is 0 Å². The zero-order chi connectivity index (χ0) is 14.7. The number of benzene rings is 2. The fourth-order valence-corrected chi connectivity index (χ4v) is 1.81. The molecule has 2 aromatic rings. The molecule has 0 aliphatic heterocycles. The van der Waals surface area contributed by atoms with E-state index in [2.05, 4.69) is 5.32 Å². The zero-order valence-corrected chi connectivity index (χ0v) is 11.4. The largest absolute Gasteiger partial charge is 0.389 e. The number of halogens is 1. The molecule has 0 spiro atoms. The molecule has 1 amide bonds. The SMILES string of the molecule is Cc1ccc(C(=O)Nc2cccc(C(C)O)c2)cc1F. The third-order valence-electron chi connectivity index (χ3n) is 3.06. The summed E-state index contributed by atoms with van der Waals surface area (Å²) in [6.45, 7) is 3.29. The Morgan fingerprint density at radius 3 is 2.65 bits per heavy atom. The van der Waals surface area contributed by atoms with E-state index in [1.54, 1.807) is 50.2 Å². The maximum atomic E-state index is 13.4. The standard InChI is InChI=1S/C16H16FNO2/c1-10-6-7-13(9-15(10)17)16(20)18-14-5-3-4-12(8-14)11(2)19/h3-9,11,19H,1-2H3,(H,18,20). The van der Waals surface area contributed by atoms with E-state index in [1.165, 1.54) is 6.07 Å². The van der Waals surface area contributed by atoms with Crippen LogP contribution in [0.4, 0.5) is 10.1 Å². The smallest absolute Gasteiger partial charge is 0.255 e. The number of amides is 1. The van der Waals surface area contributed by atoms with Gasteiger partial charge in [0.1, 0.15) is 5.82 Å². The van der Waals surface area contributed by atoms with Crippen LogP contribution in [0.15, 0.2) is 42.5 Å². The fraction of sp³-hybridized carbons (Fsp3) is 0.188. The molecular formula is C16H16FNO2. The van der Waals surface area contributed by atoms with E-state index in [-0.39, 0.29) is 11.5 Å². The van der Waals surface area contributed by atoms with Crippen molar-refractivity contribution in [3.63, 3.8) is 0 Å². The summed E-state index contributed by atoms with van der Waals surface area (Å²) in [5.74, 6) is -0.790. The molecular weight excluding hydrogens is 257 g/mol. The molecule has 4 heteroatoms. The summed E-state index contributed by atoms with van der Waals surface area (Å²) in [6.07, 6.45) is -0.608. The van der Waals surface area contributed by atoms with Crippen LogP contribution in [0.5, 0.6) is 0 Å². The number of anilines is 1. The molecule has 3 nitrogen and oxygen atoms in total. The lowest BCUT2D eigenvalue weighted by Gasteiger charge is -2.09. The number of nitrogens with one attached hydrogen (secondary N) is 1. The first-order valence-electron chi connectivity index (χ1n) is 6.33. The Bertz CT molecular complexity index is 638. The molecule has 0 heterocycles. The van der Waals surface area contributed by atoms with Gasteiger partial charge >= 0.3 is 0 Å². The fourth-order valence-electron chi connectivity index (χ4n) is 1.81. The molecule has 0 saturated heterocycles. The third-order valence-corrected chi connectivity index (χ3v) is 3.06. The van der Waals surface area contributed by atoms with Crippen LogP contribution >= 0.6 is 0 Å². The highest BCUT2D eigenvalue weighted by atomic mass is 19.1. The molecule has 20 heavy (non-hydrogen) atoms. The molecule has 2 rings (SSSR count). The maximum absolute atomic E-state index is 13.4. The molecule has 0 aliphatic carbocycles. The van der Waals surface area contributed by atoms with Crippen LogP contribution < -0.4 is 5.32 Å². The van der Waals surface area contributed by atoms with E-state index in [9.17, 15) is 14.3 Å². The summed E-state index contributed by atoms with van der Waals surface area (Å²) < 4.78 is 13.4. The summed E-state index contributed by atoms with van der Waals surface area (Å²) in [7, 11) is 0. The predicted octanol–water partition coefficient (Wildman–Crippen LogP) is 3.44. The van der Waals surface area contributed by atoms with Crippen molar-refractivity contribution >= 4 is 11.6 Å². The molecule has 1 atom stereocenters. The highest BCUT2D eigenvalue weighted by molar-refractivity contribution is 6.04. The quantitative estimate of drug-likeness (QED) is 0.900. The summed E-state index contributed by atoms with van der Waals surface area (Å²) in [4.78, 5) is 12.0. The van der Waals surface area contributed by atoms with Crippen molar-refractivity contribution < 1.29 is 14.3 Å². The monoisotopic (exact) mass is 273 g/mol. The summed E-state index contributed by atoms with van der Waals surface area (Å²) in [5, 5.41) is 12.2. The highest BCUT2D eigenvalue weighted by Gasteiger charge is 2.09. The Balaban J connectivity index is 2.19. The van der Waals surface area contributed by atoms with Gasteiger partial charge in [0.05, 0.1) is 6.10 Å². The number of hydrogen-bond acceptors (Lipinski definition) is 2. The lowest BCUT2D eigenvalue weighted by molar-refractivity contribution is 0.102. The molecule has 104 valence electrons. The normalized spacial score (nSPS) is 12.0. The van der Waals surface area contributed by atoms with Crippen molar-refractivity contribution in [2.45, 2.75) is 20.0 Å². The number of carbonyl (C=O) groups excluding carboxylic acids is 1. The van der Waals surface area contributed by atoms with Gasteiger partial charge in [-0.2, -0.15) is 0 Å². The Morgan fingerprint density at radius 2 is 2.00 bits per heavy atom. The van der Waals surface area contributed by atoms with Crippen molar-refractivity contribution in [2.75, 3.05) is 5.32 Å². The summed E-state index contributed by atoms with van der Waals surface area (Å²) in [5.41, 5.74) is 2.03. The number of aryl methyl sites for hydroxylation is 1. The van der Waals surface area contributed by atoms with Gasteiger partial charge in [0, 0.05) is 11.3 Å². The van der Waals surface area contributed by atoms with E-state index < -0.39 is 11.9 Å². The number of carbonyl (C=O) groups is 1. The second kappa shape index (κ2) is 5.84. The van der Waals surface area contributed by atoms with Crippen molar-refractivity contribution in [1.82, 2.24) is 0 Å². The van der Waals surface area contributed by atoms with Gasteiger partial charge in [0.25, 0.3) is 5.91 Å². The average molecular weight is 273 g/mol. The summed E-state index contributed by atoms with van der Waals surface area (Å²) >= 11 is 0.